The van der Waals surface area contributed by atoms with Crippen LogP contribution in [-0.4, -0.2) is 53.8 Å². The van der Waals surface area contributed by atoms with Crippen molar-refractivity contribution in [2.75, 3.05) is 19.8 Å². The average molecular weight is 444 g/mol. The summed E-state index contributed by atoms with van der Waals surface area (Å²) in [5, 5.41) is 13.0. The van der Waals surface area contributed by atoms with Gasteiger partial charge < -0.3 is 19.9 Å². The number of hydrogen-bond acceptors (Lipinski definition) is 6. The highest BCUT2D eigenvalue weighted by Gasteiger charge is 2.51. The maximum absolute atomic E-state index is 13.3. The molecule has 3 amide bonds. The predicted molar refractivity (Wildman–Crippen MR) is 113 cm³/mol. The van der Waals surface area contributed by atoms with Crippen LogP contribution in [0, 0.1) is 5.82 Å². The Kier molecular flexibility index (Phi) is 7.09. The van der Waals surface area contributed by atoms with Crippen LogP contribution in [0.5, 0.6) is 5.75 Å². The fourth-order valence-corrected chi connectivity index (χ4v) is 3.52. The number of β-amino-alcohol motifs (C(OH)–C–C–N with tert-alkyl or cyclic N) is 1. The van der Waals surface area contributed by atoms with E-state index in [1.165, 1.54) is 36.4 Å². The lowest BCUT2D eigenvalue weighted by molar-refractivity contribution is -0.133. The zero-order valence-electron chi connectivity index (χ0n) is 17.8. The molecule has 2 aromatic carbocycles. The lowest BCUT2D eigenvalue weighted by Gasteiger charge is -2.26. The van der Waals surface area contributed by atoms with E-state index in [-0.39, 0.29) is 26.2 Å². The van der Waals surface area contributed by atoms with Crippen molar-refractivity contribution in [3.8, 4) is 5.75 Å². The Morgan fingerprint density at radius 3 is 2.38 bits per heavy atom. The van der Waals surface area contributed by atoms with E-state index in [1.54, 1.807) is 26.0 Å². The van der Waals surface area contributed by atoms with Gasteiger partial charge in [-0.25, -0.2) is 14.0 Å². The van der Waals surface area contributed by atoms with Crippen LogP contribution in [-0.2, 0) is 15.1 Å². The van der Waals surface area contributed by atoms with Crippen LogP contribution in [0.2, 0.25) is 0 Å². The third-order valence-corrected chi connectivity index (χ3v) is 5.24. The zero-order valence-corrected chi connectivity index (χ0v) is 17.8. The summed E-state index contributed by atoms with van der Waals surface area (Å²) in [4.78, 5) is 38.2. The molecule has 1 aliphatic heterocycles. The molecule has 0 spiro atoms. The van der Waals surface area contributed by atoms with E-state index in [1.807, 2.05) is 0 Å². The SMILES string of the molecule is CCOC(=O)c1ccc(OCC(O)CN2C(=O)NC(CC)(c3ccc(F)cc3)C2=O)cc1. The number of urea groups is 1. The molecule has 2 aromatic rings. The molecule has 0 aromatic heterocycles. The first kappa shape index (κ1) is 23.2. The van der Waals surface area contributed by atoms with Gasteiger partial charge in [-0.15, -0.1) is 0 Å². The van der Waals surface area contributed by atoms with Gasteiger partial charge in [0.25, 0.3) is 5.91 Å². The number of amides is 3. The van der Waals surface area contributed by atoms with Crippen LogP contribution >= 0.6 is 0 Å². The molecule has 1 fully saturated rings. The summed E-state index contributed by atoms with van der Waals surface area (Å²) < 4.78 is 23.7. The van der Waals surface area contributed by atoms with Crippen molar-refractivity contribution in [3.63, 3.8) is 0 Å². The fourth-order valence-electron chi connectivity index (χ4n) is 3.52. The van der Waals surface area contributed by atoms with E-state index in [0.29, 0.717) is 16.9 Å². The highest BCUT2D eigenvalue weighted by molar-refractivity contribution is 6.07. The number of ether oxygens (including phenoxy) is 2. The summed E-state index contributed by atoms with van der Waals surface area (Å²) in [5.41, 5.74) is -0.473. The first-order valence-corrected chi connectivity index (χ1v) is 10.3. The normalized spacial score (nSPS) is 18.9. The number of nitrogens with zero attached hydrogens (tertiary/aromatic N) is 1. The standard InChI is InChI=1S/C23H25FN2O6/c1-3-23(16-7-9-17(24)10-8-16)21(29)26(22(30)25-23)13-18(27)14-32-19-11-5-15(6-12-19)20(28)31-4-2/h5-12,18,27H,3-4,13-14H2,1-2H3,(H,25,30). The highest BCUT2D eigenvalue weighted by atomic mass is 19.1. The van der Waals surface area contributed by atoms with Gasteiger partial charge in [0.05, 0.1) is 18.7 Å². The van der Waals surface area contributed by atoms with Crippen LogP contribution in [0.15, 0.2) is 48.5 Å². The van der Waals surface area contributed by atoms with Gasteiger partial charge >= 0.3 is 12.0 Å². The molecule has 170 valence electrons. The Bertz CT molecular complexity index is 979. The molecule has 0 saturated carbocycles. The number of nitrogens with one attached hydrogen (secondary N) is 1. The quantitative estimate of drug-likeness (QED) is 0.455. The summed E-state index contributed by atoms with van der Waals surface area (Å²) in [6.07, 6.45) is -0.880. The molecule has 0 radical (unpaired) electrons. The van der Waals surface area contributed by atoms with Gasteiger partial charge in [-0.1, -0.05) is 19.1 Å². The van der Waals surface area contributed by atoms with Crippen LogP contribution in [0.1, 0.15) is 36.2 Å². The van der Waals surface area contributed by atoms with Gasteiger partial charge in [-0.3, -0.25) is 9.69 Å². The Balaban J connectivity index is 1.61. The van der Waals surface area contributed by atoms with Crippen molar-refractivity contribution in [1.82, 2.24) is 10.2 Å². The van der Waals surface area contributed by atoms with E-state index in [9.17, 15) is 23.9 Å². The van der Waals surface area contributed by atoms with Gasteiger partial charge in [-0.2, -0.15) is 0 Å². The smallest absolute Gasteiger partial charge is 0.338 e. The molecule has 0 bridgehead atoms. The molecule has 8 nitrogen and oxygen atoms in total. The second-order valence-electron chi connectivity index (χ2n) is 7.32. The van der Waals surface area contributed by atoms with Gasteiger partial charge in [0.15, 0.2) is 0 Å². The first-order chi connectivity index (χ1) is 15.3. The summed E-state index contributed by atoms with van der Waals surface area (Å²) >= 11 is 0. The summed E-state index contributed by atoms with van der Waals surface area (Å²) in [5.74, 6) is -1.01. The van der Waals surface area contributed by atoms with Crippen molar-refractivity contribution in [1.29, 1.82) is 0 Å². The highest BCUT2D eigenvalue weighted by Crippen LogP contribution is 2.32. The molecule has 1 saturated heterocycles. The minimum absolute atomic E-state index is 0.175. The molecular weight excluding hydrogens is 419 g/mol. The molecule has 3 rings (SSSR count). The fraction of sp³-hybridized carbons (Fsp3) is 0.348. The molecule has 2 unspecified atom stereocenters. The van der Waals surface area contributed by atoms with Crippen LogP contribution < -0.4 is 10.1 Å². The van der Waals surface area contributed by atoms with Gasteiger partial charge in [0, 0.05) is 0 Å². The van der Waals surface area contributed by atoms with Crippen molar-refractivity contribution in [2.24, 2.45) is 0 Å². The Labute approximate surface area is 184 Å². The number of carbonyl (C=O) groups is 3. The molecule has 2 N–H and O–H groups in total. The largest absolute Gasteiger partial charge is 0.491 e. The molecule has 9 heteroatoms. The molecule has 32 heavy (non-hydrogen) atoms. The number of imide groups is 1. The van der Waals surface area contributed by atoms with Crippen LogP contribution in [0.25, 0.3) is 0 Å². The lowest BCUT2D eigenvalue weighted by atomic mass is 9.87. The van der Waals surface area contributed by atoms with E-state index < -0.39 is 35.4 Å². The number of aliphatic hydroxyl groups excluding tert-OH is 1. The molecule has 1 heterocycles. The zero-order chi connectivity index (χ0) is 23.3. The number of carbonyl (C=O) groups excluding carboxylic acids is 3. The van der Waals surface area contributed by atoms with Crippen molar-refractivity contribution in [2.45, 2.75) is 31.9 Å². The first-order valence-electron chi connectivity index (χ1n) is 10.3. The summed E-state index contributed by atoms with van der Waals surface area (Å²) in [6, 6.07) is 10.9. The second kappa shape index (κ2) is 9.78. The lowest BCUT2D eigenvalue weighted by Crippen LogP contribution is -2.44. The summed E-state index contributed by atoms with van der Waals surface area (Å²) in [6.45, 7) is 3.28. The molecule has 0 aliphatic carbocycles. The number of aliphatic hydroxyl groups is 1. The van der Waals surface area contributed by atoms with Crippen molar-refractivity contribution >= 4 is 17.9 Å². The Morgan fingerprint density at radius 1 is 1.12 bits per heavy atom. The number of esters is 1. The number of rotatable bonds is 9. The van der Waals surface area contributed by atoms with Gasteiger partial charge in [0.1, 0.15) is 29.8 Å². The van der Waals surface area contributed by atoms with E-state index in [0.717, 1.165) is 4.90 Å². The van der Waals surface area contributed by atoms with Crippen LogP contribution in [0.3, 0.4) is 0 Å². The van der Waals surface area contributed by atoms with Crippen molar-refractivity contribution < 1.29 is 33.4 Å². The third kappa shape index (κ3) is 4.72. The average Bonchev–Trinajstić information content (AvgIpc) is 3.03. The van der Waals surface area contributed by atoms with E-state index in [2.05, 4.69) is 5.32 Å². The van der Waals surface area contributed by atoms with E-state index in [4.69, 9.17) is 9.47 Å². The maximum Gasteiger partial charge on any atom is 0.338 e. The topological polar surface area (TPSA) is 105 Å². The monoisotopic (exact) mass is 444 g/mol. The van der Waals surface area contributed by atoms with Crippen molar-refractivity contribution in [3.05, 3.63) is 65.5 Å². The number of hydrogen-bond donors (Lipinski definition) is 2. The van der Waals surface area contributed by atoms with Gasteiger partial charge in [0.2, 0.25) is 0 Å². The molecule has 2 atom stereocenters. The van der Waals surface area contributed by atoms with Gasteiger partial charge in [-0.05, 0) is 55.3 Å². The Morgan fingerprint density at radius 2 is 1.78 bits per heavy atom. The minimum Gasteiger partial charge on any atom is -0.491 e. The predicted octanol–water partition coefficient (Wildman–Crippen LogP) is 2.60. The molecule has 1 aliphatic rings. The third-order valence-electron chi connectivity index (χ3n) is 5.24. The van der Waals surface area contributed by atoms with E-state index >= 15 is 0 Å². The summed E-state index contributed by atoms with van der Waals surface area (Å²) in [7, 11) is 0. The Hall–Kier alpha value is -3.46. The maximum atomic E-state index is 13.3. The number of benzene rings is 2. The second-order valence-corrected chi connectivity index (χ2v) is 7.32. The van der Waals surface area contributed by atoms with Crippen LogP contribution in [0.4, 0.5) is 9.18 Å². The number of halogens is 1. The minimum atomic E-state index is -1.31. The molecular formula is C23H25FN2O6.